The molecule has 1 amide bonds. The van der Waals surface area contributed by atoms with Crippen LogP contribution in [0.15, 0.2) is 53.5 Å². The van der Waals surface area contributed by atoms with Gasteiger partial charge in [0.25, 0.3) is 5.91 Å². The first-order valence-electron chi connectivity index (χ1n) is 8.50. The van der Waals surface area contributed by atoms with Crippen molar-refractivity contribution >= 4 is 23.2 Å². The first-order valence-corrected chi connectivity index (χ1v) is 8.88. The summed E-state index contributed by atoms with van der Waals surface area (Å²) in [5.74, 6) is 0.301. The minimum Gasteiger partial charge on any atom is -0.443 e. The Labute approximate surface area is 159 Å². The zero-order valence-corrected chi connectivity index (χ0v) is 14.9. The number of aromatic nitrogens is 4. The monoisotopic (exact) mass is 379 g/mol. The molecule has 0 saturated heterocycles. The van der Waals surface area contributed by atoms with Crippen molar-refractivity contribution in [3.63, 3.8) is 0 Å². The minimum atomic E-state index is -0.0640. The van der Waals surface area contributed by atoms with Crippen LogP contribution in [0.2, 0.25) is 5.15 Å². The van der Waals surface area contributed by atoms with Crippen LogP contribution in [0.1, 0.15) is 21.6 Å². The number of halogens is 1. The molecular formula is C19H14ClN5O2. The topological polar surface area (TPSA) is 76.5 Å². The van der Waals surface area contributed by atoms with Gasteiger partial charge in [-0.05, 0) is 18.2 Å². The van der Waals surface area contributed by atoms with Crippen LogP contribution in [0.3, 0.4) is 0 Å². The molecule has 1 aliphatic rings. The van der Waals surface area contributed by atoms with Crippen LogP contribution in [0.4, 0.5) is 0 Å². The van der Waals surface area contributed by atoms with Crippen LogP contribution in [0.5, 0.6) is 0 Å². The van der Waals surface area contributed by atoms with Gasteiger partial charge >= 0.3 is 0 Å². The average molecular weight is 380 g/mol. The quantitative estimate of drug-likeness (QED) is 0.509. The fraction of sp³-hybridized carbons (Fsp3) is 0.158. The first kappa shape index (κ1) is 16.0. The lowest BCUT2D eigenvalue weighted by atomic mass is 10.1. The van der Waals surface area contributed by atoms with Gasteiger partial charge in [0.05, 0.1) is 11.9 Å². The van der Waals surface area contributed by atoms with Crippen LogP contribution in [0, 0.1) is 0 Å². The average Bonchev–Trinajstić information content (AvgIpc) is 3.39. The number of fused-ring (bicyclic) bond motifs is 2. The van der Waals surface area contributed by atoms with Gasteiger partial charge in [-0.2, -0.15) is 0 Å². The molecule has 0 aromatic carbocycles. The van der Waals surface area contributed by atoms with Gasteiger partial charge in [0, 0.05) is 43.0 Å². The molecule has 5 rings (SSSR count). The van der Waals surface area contributed by atoms with E-state index in [1.165, 1.54) is 6.26 Å². The molecule has 4 aromatic heterocycles. The van der Waals surface area contributed by atoms with E-state index in [2.05, 4.69) is 15.0 Å². The van der Waals surface area contributed by atoms with Crippen molar-refractivity contribution in [2.45, 2.75) is 13.0 Å². The molecule has 0 bridgehead atoms. The predicted octanol–water partition coefficient (Wildman–Crippen LogP) is 3.24. The Morgan fingerprint density at radius 1 is 1.26 bits per heavy atom. The molecule has 0 saturated carbocycles. The molecule has 7 nitrogen and oxygen atoms in total. The Morgan fingerprint density at radius 2 is 2.19 bits per heavy atom. The summed E-state index contributed by atoms with van der Waals surface area (Å²) in [6, 6.07) is 7.47. The van der Waals surface area contributed by atoms with E-state index in [1.54, 1.807) is 17.2 Å². The van der Waals surface area contributed by atoms with Crippen molar-refractivity contribution in [1.82, 2.24) is 24.3 Å². The number of rotatable bonds is 4. The fourth-order valence-corrected chi connectivity index (χ4v) is 3.57. The third-order valence-corrected chi connectivity index (χ3v) is 4.84. The number of carbonyl (C=O) groups is 1. The number of hydrogen-bond acceptors (Lipinski definition) is 5. The van der Waals surface area contributed by atoms with Crippen LogP contribution in [-0.4, -0.2) is 36.7 Å². The Morgan fingerprint density at radius 3 is 3.00 bits per heavy atom. The third-order valence-electron chi connectivity index (χ3n) is 4.65. The van der Waals surface area contributed by atoms with Gasteiger partial charge in [-0.3, -0.25) is 4.79 Å². The minimum absolute atomic E-state index is 0.0640. The zero-order valence-electron chi connectivity index (χ0n) is 14.2. The Bertz CT molecular complexity index is 1120. The Hall–Kier alpha value is -3.19. The highest BCUT2D eigenvalue weighted by molar-refractivity contribution is 6.30. The van der Waals surface area contributed by atoms with E-state index in [-0.39, 0.29) is 11.1 Å². The van der Waals surface area contributed by atoms with Crippen LogP contribution < -0.4 is 0 Å². The highest BCUT2D eigenvalue weighted by atomic mass is 35.5. The largest absolute Gasteiger partial charge is 0.443 e. The summed E-state index contributed by atoms with van der Waals surface area (Å²) in [7, 11) is 0. The molecule has 0 fully saturated rings. The van der Waals surface area contributed by atoms with Gasteiger partial charge in [-0.25, -0.2) is 15.0 Å². The van der Waals surface area contributed by atoms with Crippen LogP contribution >= 0.6 is 11.6 Å². The second-order valence-corrected chi connectivity index (χ2v) is 6.72. The number of imidazole rings is 1. The summed E-state index contributed by atoms with van der Waals surface area (Å²) in [5.41, 5.74) is 3.70. The highest BCUT2D eigenvalue weighted by Gasteiger charge is 2.32. The standard InChI is InChI=1S/C19H14ClN5O2/c20-15-9-13-14(17(23-15)18-21-5-8-27-18)11-25(19(13)26)7-4-12-10-24-6-2-1-3-16(24)22-12/h1-3,5-6,8-10H,4,7,11H2. The molecular weight excluding hydrogens is 366 g/mol. The van der Waals surface area contributed by atoms with Crippen molar-refractivity contribution in [3.05, 3.63) is 71.1 Å². The summed E-state index contributed by atoms with van der Waals surface area (Å²) in [5, 5.41) is 0.248. The Kier molecular flexibility index (Phi) is 3.68. The highest BCUT2D eigenvalue weighted by Crippen LogP contribution is 2.32. The number of pyridine rings is 2. The summed E-state index contributed by atoms with van der Waals surface area (Å²) >= 11 is 6.11. The molecule has 0 spiro atoms. The van der Waals surface area contributed by atoms with Gasteiger partial charge in [-0.1, -0.05) is 17.7 Å². The van der Waals surface area contributed by atoms with E-state index >= 15 is 0 Å². The van der Waals surface area contributed by atoms with Crippen LogP contribution in [-0.2, 0) is 13.0 Å². The Balaban J connectivity index is 1.40. The molecule has 0 atom stereocenters. The molecule has 4 aromatic rings. The van der Waals surface area contributed by atoms with E-state index < -0.39 is 0 Å². The van der Waals surface area contributed by atoms with Crippen molar-refractivity contribution < 1.29 is 9.21 Å². The lowest BCUT2D eigenvalue weighted by molar-refractivity contribution is 0.0780. The maximum Gasteiger partial charge on any atom is 0.254 e. The van der Waals surface area contributed by atoms with Crippen molar-refractivity contribution in [3.8, 4) is 11.6 Å². The van der Waals surface area contributed by atoms with Crippen molar-refractivity contribution in [2.24, 2.45) is 0 Å². The molecule has 134 valence electrons. The third kappa shape index (κ3) is 2.76. The lowest BCUT2D eigenvalue weighted by Crippen LogP contribution is -2.26. The van der Waals surface area contributed by atoms with Crippen molar-refractivity contribution in [1.29, 1.82) is 0 Å². The second-order valence-electron chi connectivity index (χ2n) is 6.33. The van der Waals surface area contributed by atoms with Gasteiger partial charge in [-0.15, -0.1) is 0 Å². The van der Waals surface area contributed by atoms with E-state index in [0.717, 1.165) is 16.9 Å². The summed E-state index contributed by atoms with van der Waals surface area (Å²) in [4.78, 5) is 27.7. The molecule has 5 heterocycles. The second kappa shape index (κ2) is 6.21. The molecule has 8 heteroatoms. The van der Waals surface area contributed by atoms with E-state index in [1.807, 2.05) is 35.0 Å². The number of hydrogen-bond donors (Lipinski definition) is 0. The lowest BCUT2D eigenvalue weighted by Gasteiger charge is -2.14. The molecule has 27 heavy (non-hydrogen) atoms. The number of nitrogens with zero attached hydrogens (tertiary/aromatic N) is 5. The van der Waals surface area contributed by atoms with Gasteiger partial charge in [0.15, 0.2) is 0 Å². The summed E-state index contributed by atoms with van der Waals surface area (Å²) in [6.07, 6.45) is 7.63. The molecule has 0 radical (unpaired) electrons. The predicted molar refractivity (Wildman–Crippen MR) is 98.4 cm³/mol. The smallest absolute Gasteiger partial charge is 0.254 e. The maximum atomic E-state index is 12.8. The van der Waals surface area contributed by atoms with Crippen molar-refractivity contribution in [2.75, 3.05) is 6.54 Å². The molecule has 0 unspecified atom stereocenters. The zero-order chi connectivity index (χ0) is 18.4. The number of oxazole rings is 1. The fourth-order valence-electron chi connectivity index (χ4n) is 3.38. The number of amides is 1. The molecule has 0 aliphatic carbocycles. The summed E-state index contributed by atoms with van der Waals surface area (Å²) in [6.45, 7) is 1.00. The molecule has 1 aliphatic heterocycles. The van der Waals surface area contributed by atoms with Gasteiger partial charge in [0.1, 0.15) is 22.8 Å². The molecule has 0 N–H and O–H groups in total. The SMILES string of the molecule is O=C1c2cc(Cl)nc(-c3ncco3)c2CN1CCc1cn2ccccc2n1. The first-order chi connectivity index (χ1) is 13.2. The van der Waals surface area contributed by atoms with E-state index in [9.17, 15) is 4.79 Å². The van der Waals surface area contributed by atoms with Gasteiger partial charge < -0.3 is 13.7 Å². The van der Waals surface area contributed by atoms with E-state index in [0.29, 0.717) is 36.7 Å². The summed E-state index contributed by atoms with van der Waals surface area (Å²) < 4.78 is 7.33. The van der Waals surface area contributed by atoms with Crippen LogP contribution in [0.25, 0.3) is 17.2 Å². The number of carbonyl (C=O) groups excluding carboxylic acids is 1. The van der Waals surface area contributed by atoms with Gasteiger partial charge in [0.2, 0.25) is 5.89 Å². The normalized spacial score (nSPS) is 13.5. The van der Waals surface area contributed by atoms with E-state index in [4.69, 9.17) is 16.0 Å². The maximum absolute atomic E-state index is 12.8.